The maximum atomic E-state index is 12.9. The first kappa shape index (κ1) is 22.9. The van der Waals surface area contributed by atoms with E-state index in [9.17, 15) is 22.0 Å². The predicted octanol–water partition coefficient (Wildman–Crippen LogP) is 4.42. The fourth-order valence-corrected chi connectivity index (χ4v) is 4.86. The van der Waals surface area contributed by atoms with Crippen LogP contribution in [0.4, 0.5) is 14.5 Å². The van der Waals surface area contributed by atoms with E-state index in [2.05, 4.69) is 10.1 Å². The number of ether oxygens (including phenoxy) is 1. The van der Waals surface area contributed by atoms with E-state index in [-0.39, 0.29) is 10.6 Å². The molecule has 1 heterocycles. The number of rotatable bonds is 7. The Morgan fingerprint density at radius 2 is 1.84 bits per heavy atom. The first-order valence-electron chi connectivity index (χ1n) is 9.91. The zero-order valence-electron chi connectivity index (χ0n) is 17.1. The van der Waals surface area contributed by atoms with Crippen molar-refractivity contribution in [1.29, 1.82) is 0 Å². The highest BCUT2D eigenvalue weighted by Crippen LogP contribution is 2.26. The van der Waals surface area contributed by atoms with E-state index in [0.717, 1.165) is 19.3 Å². The molecule has 166 valence electrons. The summed E-state index contributed by atoms with van der Waals surface area (Å²) >= 11 is 0. The smallest absolute Gasteiger partial charge is 0.387 e. The number of halogens is 2. The van der Waals surface area contributed by atoms with E-state index >= 15 is 0 Å². The van der Waals surface area contributed by atoms with Crippen LogP contribution in [-0.2, 0) is 14.8 Å². The third-order valence-corrected chi connectivity index (χ3v) is 6.86. The molecule has 3 rings (SSSR count). The number of aryl methyl sites for hydroxylation is 1. The largest absolute Gasteiger partial charge is 0.434 e. The van der Waals surface area contributed by atoms with Crippen molar-refractivity contribution in [1.82, 2.24) is 4.31 Å². The standard InChI is InChI=1S/C22H24F2N2O4S/c1-16-9-11-18(31(28,29)26-13-5-2-6-14-26)15-19(16)25-21(27)12-10-17-7-3-4-8-20(17)30-22(23)24/h3-4,7-12,15,22H,2,5-6,13-14H2,1H3,(H,25,27)/b12-10+. The molecule has 0 unspecified atom stereocenters. The first-order valence-corrected chi connectivity index (χ1v) is 11.3. The van der Waals surface area contributed by atoms with Crippen molar-refractivity contribution in [2.45, 2.75) is 37.7 Å². The van der Waals surface area contributed by atoms with Gasteiger partial charge in [-0.15, -0.1) is 0 Å². The summed E-state index contributed by atoms with van der Waals surface area (Å²) in [6, 6.07) is 10.7. The molecular weight excluding hydrogens is 426 g/mol. The molecule has 1 aliphatic heterocycles. The van der Waals surface area contributed by atoms with E-state index in [1.807, 2.05) is 0 Å². The van der Waals surface area contributed by atoms with Crippen LogP contribution in [-0.4, -0.2) is 38.3 Å². The molecule has 0 radical (unpaired) electrons. The summed E-state index contributed by atoms with van der Waals surface area (Å²) < 4.78 is 56.7. The minimum absolute atomic E-state index is 0.0487. The molecule has 1 aliphatic rings. The van der Waals surface area contributed by atoms with Crippen molar-refractivity contribution in [3.63, 3.8) is 0 Å². The second-order valence-electron chi connectivity index (χ2n) is 7.18. The molecule has 1 amide bonds. The number of sulfonamides is 1. The molecule has 0 bridgehead atoms. The molecule has 0 aromatic heterocycles. The number of anilines is 1. The maximum Gasteiger partial charge on any atom is 0.387 e. The third kappa shape index (κ3) is 5.89. The van der Waals surface area contributed by atoms with Crippen LogP contribution in [0, 0.1) is 6.92 Å². The number of carbonyl (C=O) groups is 1. The van der Waals surface area contributed by atoms with Crippen LogP contribution >= 0.6 is 0 Å². The molecule has 9 heteroatoms. The molecule has 0 spiro atoms. The van der Waals surface area contributed by atoms with Gasteiger partial charge in [-0.2, -0.15) is 13.1 Å². The van der Waals surface area contributed by atoms with Gasteiger partial charge in [-0.3, -0.25) is 4.79 Å². The van der Waals surface area contributed by atoms with Gasteiger partial charge in [0.1, 0.15) is 5.75 Å². The summed E-state index contributed by atoms with van der Waals surface area (Å²) in [5.74, 6) is -0.574. The topological polar surface area (TPSA) is 75.7 Å². The highest BCUT2D eigenvalue weighted by Gasteiger charge is 2.26. The number of hydrogen-bond donors (Lipinski definition) is 1. The monoisotopic (exact) mass is 450 g/mol. The summed E-state index contributed by atoms with van der Waals surface area (Å²) in [4.78, 5) is 12.5. The summed E-state index contributed by atoms with van der Waals surface area (Å²) in [6.07, 6.45) is 5.21. The van der Waals surface area contributed by atoms with E-state index in [0.29, 0.717) is 29.9 Å². The Morgan fingerprint density at radius 1 is 1.13 bits per heavy atom. The van der Waals surface area contributed by atoms with Crippen LogP contribution in [0.1, 0.15) is 30.4 Å². The van der Waals surface area contributed by atoms with Crippen LogP contribution in [0.5, 0.6) is 5.75 Å². The summed E-state index contributed by atoms with van der Waals surface area (Å²) in [5, 5.41) is 2.66. The lowest BCUT2D eigenvalue weighted by Crippen LogP contribution is -2.35. The van der Waals surface area contributed by atoms with Gasteiger partial charge < -0.3 is 10.1 Å². The molecule has 1 fully saturated rings. The summed E-state index contributed by atoms with van der Waals surface area (Å²) in [5.41, 5.74) is 1.38. The Labute approximate surface area is 180 Å². The fraction of sp³-hybridized carbons (Fsp3) is 0.318. The second-order valence-corrected chi connectivity index (χ2v) is 9.12. The Morgan fingerprint density at radius 3 is 2.55 bits per heavy atom. The fourth-order valence-electron chi connectivity index (χ4n) is 3.31. The number of amides is 1. The number of benzene rings is 2. The lowest BCUT2D eigenvalue weighted by molar-refractivity contribution is -0.111. The number of piperidine rings is 1. The highest BCUT2D eigenvalue weighted by molar-refractivity contribution is 7.89. The zero-order chi connectivity index (χ0) is 22.4. The van der Waals surface area contributed by atoms with Crippen molar-refractivity contribution >= 4 is 27.7 Å². The molecule has 0 aliphatic carbocycles. The maximum absolute atomic E-state index is 12.9. The summed E-state index contributed by atoms with van der Waals surface area (Å²) in [6.45, 7) is -0.250. The van der Waals surface area contributed by atoms with Crippen LogP contribution in [0.15, 0.2) is 53.4 Å². The average Bonchev–Trinajstić information content (AvgIpc) is 2.75. The highest BCUT2D eigenvalue weighted by atomic mass is 32.2. The van der Waals surface area contributed by atoms with Gasteiger partial charge in [0, 0.05) is 30.4 Å². The lowest BCUT2D eigenvalue weighted by atomic mass is 10.1. The van der Waals surface area contributed by atoms with Gasteiger partial charge in [0.2, 0.25) is 15.9 Å². The SMILES string of the molecule is Cc1ccc(S(=O)(=O)N2CCCCC2)cc1NC(=O)/C=C/c1ccccc1OC(F)F. The molecule has 2 aromatic carbocycles. The number of hydrogen-bond acceptors (Lipinski definition) is 4. The molecule has 1 saturated heterocycles. The normalized spacial score (nSPS) is 15.4. The predicted molar refractivity (Wildman–Crippen MR) is 115 cm³/mol. The summed E-state index contributed by atoms with van der Waals surface area (Å²) in [7, 11) is -3.63. The molecule has 0 saturated carbocycles. The van der Waals surface area contributed by atoms with Crippen LogP contribution in [0.2, 0.25) is 0 Å². The zero-order valence-corrected chi connectivity index (χ0v) is 17.9. The Kier molecular flexibility index (Phi) is 7.40. The second kappa shape index (κ2) is 10.0. The Bertz CT molecular complexity index is 1060. The van der Waals surface area contributed by atoms with E-state index < -0.39 is 22.5 Å². The molecule has 0 atom stereocenters. The molecule has 6 nitrogen and oxygen atoms in total. The van der Waals surface area contributed by atoms with Crippen molar-refractivity contribution in [2.75, 3.05) is 18.4 Å². The van der Waals surface area contributed by atoms with Crippen molar-refractivity contribution in [2.24, 2.45) is 0 Å². The van der Waals surface area contributed by atoms with Gasteiger partial charge in [-0.25, -0.2) is 8.42 Å². The van der Waals surface area contributed by atoms with Crippen LogP contribution in [0.25, 0.3) is 6.08 Å². The van der Waals surface area contributed by atoms with Gasteiger partial charge in [0.15, 0.2) is 0 Å². The van der Waals surface area contributed by atoms with Gasteiger partial charge in [0.05, 0.1) is 4.90 Å². The van der Waals surface area contributed by atoms with E-state index in [1.165, 1.54) is 34.7 Å². The van der Waals surface area contributed by atoms with Crippen molar-refractivity contribution in [3.8, 4) is 5.75 Å². The van der Waals surface area contributed by atoms with Gasteiger partial charge in [-0.05, 0) is 49.6 Å². The number of nitrogens with one attached hydrogen (secondary N) is 1. The minimum Gasteiger partial charge on any atom is -0.434 e. The number of alkyl halides is 2. The Hall–Kier alpha value is -2.78. The van der Waals surface area contributed by atoms with E-state index in [4.69, 9.17) is 0 Å². The average molecular weight is 451 g/mol. The van der Waals surface area contributed by atoms with Gasteiger partial charge in [0.25, 0.3) is 0 Å². The molecule has 31 heavy (non-hydrogen) atoms. The lowest BCUT2D eigenvalue weighted by Gasteiger charge is -2.26. The molecule has 1 N–H and O–H groups in total. The quantitative estimate of drug-likeness (QED) is 0.634. The van der Waals surface area contributed by atoms with E-state index in [1.54, 1.807) is 31.2 Å². The first-order chi connectivity index (χ1) is 14.8. The molecular formula is C22H24F2N2O4S. The Balaban J connectivity index is 1.76. The third-order valence-electron chi connectivity index (χ3n) is 4.97. The number of carbonyl (C=O) groups excluding carboxylic acids is 1. The molecule has 2 aromatic rings. The van der Waals surface area contributed by atoms with Crippen molar-refractivity contribution < 1.29 is 26.7 Å². The number of para-hydroxylation sites is 1. The minimum atomic E-state index is -3.63. The number of nitrogens with zero attached hydrogens (tertiary/aromatic N) is 1. The van der Waals surface area contributed by atoms with Gasteiger partial charge in [-0.1, -0.05) is 30.7 Å². The van der Waals surface area contributed by atoms with Crippen LogP contribution < -0.4 is 10.1 Å². The van der Waals surface area contributed by atoms with Crippen molar-refractivity contribution in [3.05, 3.63) is 59.7 Å². The van der Waals surface area contributed by atoms with Gasteiger partial charge >= 0.3 is 6.61 Å². The van der Waals surface area contributed by atoms with Crippen LogP contribution in [0.3, 0.4) is 0 Å².